The van der Waals surface area contributed by atoms with Gasteiger partial charge in [0.1, 0.15) is 0 Å². The molecule has 0 saturated carbocycles. The van der Waals surface area contributed by atoms with E-state index in [1.807, 2.05) is 11.6 Å². The van der Waals surface area contributed by atoms with E-state index in [1.165, 1.54) is 5.69 Å². The summed E-state index contributed by atoms with van der Waals surface area (Å²) in [6.45, 7) is 8.61. The van der Waals surface area contributed by atoms with Gasteiger partial charge in [0.25, 0.3) is 0 Å². The van der Waals surface area contributed by atoms with Gasteiger partial charge >= 0.3 is 5.97 Å². The molecule has 0 unspecified atom stereocenters. The second-order valence-corrected chi connectivity index (χ2v) is 4.75. The van der Waals surface area contributed by atoms with Gasteiger partial charge in [0.2, 0.25) is 0 Å². The quantitative estimate of drug-likeness (QED) is 0.548. The molecular formula is C14H25N3O2. The molecule has 19 heavy (non-hydrogen) atoms. The van der Waals surface area contributed by atoms with E-state index in [9.17, 15) is 4.79 Å². The maximum Gasteiger partial charge on any atom is 0.319 e. The first-order valence-electron chi connectivity index (χ1n) is 7.01. The van der Waals surface area contributed by atoms with Crippen molar-refractivity contribution in [1.29, 1.82) is 0 Å². The lowest BCUT2D eigenvalue weighted by molar-refractivity contribution is -0.142. The Morgan fingerprint density at radius 1 is 1.42 bits per heavy atom. The van der Waals surface area contributed by atoms with Gasteiger partial charge in [-0.2, -0.15) is 5.10 Å². The lowest BCUT2D eigenvalue weighted by Gasteiger charge is -2.07. The van der Waals surface area contributed by atoms with E-state index in [0.29, 0.717) is 13.2 Å². The van der Waals surface area contributed by atoms with E-state index in [0.717, 1.165) is 38.0 Å². The van der Waals surface area contributed by atoms with Gasteiger partial charge < -0.3 is 10.1 Å². The van der Waals surface area contributed by atoms with Crippen LogP contribution >= 0.6 is 0 Å². The largest absolute Gasteiger partial charge is 0.465 e. The average molecular weight is 267 g/mol. The third-order valence-corrected chi connectivity index (χ3v) is 2.86. The van der Waals surface area contributed by atoms with Crippen molar-refractivity contribution in [3.05, 3.63) is 17.5 Å². The maximum absolute atomic E-state index is 11.3. The number of aryl methyl sites for hydroxylation is 3. The highest BCUT2D eigenvalue weighted by molar-refractivity contribution is 5.71. The van der Waals surface area contributed by atoms with Crippen LogP contribution in [0.5, 0.6) is 0 Å². The highest BCUT2D eigenvalue weighted by atomic mass is 16.5. The molecule has 0 radical (unpaired) electrons. The van der Waals surface area contributed by atoms with Gasteiger partial charge in [-0.3, -0.25) is 9.48 Å². The number of rotatable bonds is 9. The third kappa shape index (κ3) is 6.38. The topological polar surface area (TPSA) is 56.1 Å². The Balaban J connectivity index is 2.05. The summed E-state index contributed by atoms with van der Waals surface area (Å²) in [7, 11) is 0. The van der Waals surface area contributed by atoms with Crippen LogP contribution in [0.4, 0.5) is 0 Å². The molecule has 1 N–H and O–H groups in total. The van der Waals surface area contributed by atoms with E-state index in [1.54, 1.807) is 0 Å². The van der Waals surface area contributed by atoms with E-state index in [2.05, 4.69) is 30.3 Å². The van der Waals surface area contributed by atoms with E-state index < -0.39 is 0 Å². The van der Waals surface area contributed by atoms with Crippen LogP contribution in [-0.4, -0.2) is 35.4 Å². The molecule has 108 valence electrons. The zero-order chi connectivity index (χ0) is 14.1. The van der Waals surface area contributed by atoms with Crippen LogP contribution in [0.15, 0.2) is 6.07 Å². The molecule has 1 aromatic rings. The predicted octanol–water partition coefficient (Wildman–Crippen LogP) is 1.82. The highest BCUT2D eigenvalue weighted by Gasteiger charge is 2.02. The Labute approximate surface area is 115 Å². The fourth-order valence-electron chi connectivity index (χ4n) is 1.83. The average Bonchev–Trinajstić information content (AvgIpc) is 2.68. The summed E-state index contributed by atoms with van der Waals surface area (Å²) in [5.74, 6) is -0.167. The number of ether oxygens (including phenoxy) is 1. The van der Waals surface area contributed by atoms with Gasteiger partial charge in [0.05, 0.1) is 18.8 Å². The minimum absolute atomic E-state index is 0.167. The Morgan fingerprint density at radius 3 is 2.84 bits per heavy atom. The van der Waals surface area contributed by atoms with Crippen LogP contribution in [0.1, 0.15) is 37.6 Å². The van der Waals surface area contributed by atoms with Crippen molar-refractivity contribution in [2.24, 2.45) is 0 Å². The summed E-state index contributed by atoms with van der Waals surface area (Å²) in [4.78, 5) is 11.3. The summed E-state index contributed by atoms with van der Waals surface area (Å²) < 4.78 is 7.05. The van der Waals surface area contributed by atoms with Crippen molar-refractivity contribution in [1.82, 2.24) is 15.1 Å². The smallest absolute Gasteiger partial charge is 0.319 e. The lowest BCUT2D eigenvalue weighted by Crippen LogP contribution is -2.26. The number of unbranched alkanes of at least 4 members (excludes halogenated alkanes) is 1. The molecule has 5 heteroatoms. The number of esters is 1. The minimum Gasteiger partial charge on any atom is -0.465 e. The number of carbonyl (C=O) groups excluding carboxylic acids is 1. The number of hydrogen-bond donors (Lipinski definition) is 1. The van der Waals surface area contributed by atoms with Crippen molar-refractivity contribution in [2.75, 3.05) is 19.7 Å². The summed E-state index contributed by atoms with van der Waals surface area (Å²) >= 11 is 0. The highest BCUT2D eigenvalue weighted by Crippen LogP contribution is 2.02. The number of hydrogen-bond acceptors (Lipinski definition) is 4. The summed E-state index contributed by atoms with van der Waals surface area (Å²) in [5, 5.41) is 7.48. The molecule has 0 aliphatic heterocycles. The van der Waals surface area contributed by atoms with Crippen LogP contribution in [0.3, 0.4) is 0 Å². The first-order chi connectivity index (χ1) is 9.13. The normalized spacial score (nSPS) is 10.7. The number of nitrogens with one attached hydrogen (secondary N) is 1. The molecule has 0 aliphatic carbocycles. The molecule has 0 aromatic carbocycles. The second kappa shape index (κ2) is 8.69. The second-order valence-electron chi connectivity index (χ2n) is 4.75. The zero-order valence-corrected chi connectivity index (χ0v) is 12.2. The molecule has 1 rings (SSSR count). The van der Waals surface area contributed by atoms with E-state index >= 15 is 0 Å². The monoisotopic (exact) mass is 267 g/mol. The Kier molecular flexibility index (Phi) is 7.18. The van der Waals surface area contributed by atoms with Gasteiger partial charge in [0, 0.05) is 12.2 Å². The number of nitrogens with zero attached hydrogens (tertiary/aromatic N) is 2. The molecule has 5 nitrogen and oxygen atoms in total. The molecule has 1 heterocycles. The maximum atomic E-state index is 11.3. The van der Waals surface area contributed by atoms with Crippen molar-refractivity contribution in [3.8, 4) is 0 Å². The fourth-order valence-corrected chi connectivity index (χ4v) is 1.83. The van der Waals surface area contributed by atoms with E-state index in [-0.39, 0.29) is 5.97 Å². The number of aromatic nitrogens is 2. The van der Waals surface area contributed by atoms with Gasteiger partial charge in [0.15, 0.2) is 0 Å². The first kappa shape index (κ1) is 15.7. The standard InChI is InChI=1S/C14H25N3O2/c1-4-5-9-19-14(18)11-15-7-6-8-17-13(3)10-12(2)16-17/h10,15H,4-9,11H2,1-3H3. The molecule has 0 atom stereocenters. The van der Waals surface area contributed by atoms with Gasteiger partial charge in [-0.15, -0.1) is 0 Å². The van der Waals surface area contributed by atoms with Crippen LogP contribution in [-0.2, 0) is 16.1 Å². The zero-order valence-electron chi connectivity index (χ0n) is 12.2. The Bertz CT molecular complexity index is 388. The molecular weight excluding hydrogens is 242 g/mol. The number of carbonyl (C=O) groups is 1. The van der Waals surface area contributed by atoms with Crippen LogP contribution < -0.4 is 5.32 Å². The minimum atomic E-state index is -0.167. The molecule has 0 spiro atoms. The van der Waals surface area contributed by atoms with Crippen molar-refractivity contribution in [2.45, 2.75) is 46.6 Å². The van der Waals surface area contributed by atoms with Crippen LogP contribution in [0.25, 0.3) is 0 Å². The predicted molar refractivity (Wildman–Crippen MR) is 75.1 cm³/mol. The fraction of sp³-hybridized carbons (Fsp3) is 0.714. The van der Waals surface area contributed by atoms with Crippen molar-refractivity contribution in [3.63, 3.8) is 0 Å². The third-order valence-electron chi connectivity index (χ3n) is 2.86. The molecule has 0 bridgehead atoms. The first-order valence-corrected chi connectivity index (χ1v) is 7.01. The SMILES string of the molecule is CCCCOC(=O)CNCCCn1nc(C)cc1C. The summed E-state index contributed by atoms with van der Waals surface area (Å²) in [6.07, 6.45) is 2.93. The molecule has 0 saturated heterocycles. The van der Waals surface area contributed by atoms with E-state index in [4.69, 9.17) is 4.74 Å². The van der Waals surface area contributed by atoms with Crippen molar-refractivity contribution >= 4 is 5.97 Å². The summed E-state index contributed by atoms with van der Waals surface area (Å²) in [6, 6.07) is 2.07. The van der Waals surface area contributed by atoms with Gasteiger partial charge in [-0.05, 0) is 39.3 Å². The molecule has 1 aromatic heterocycles. The Hall–Kier alpha value is -1.36. The van der Waals surface area contributed by atoms with Crippen LogP contribution in [0.2, 0.25) is 0 Å². The Morgan fingerprint density at radius 2 is 2.21 bits per heavy atom. The molecule has 0 fully saturated rings. The lowest BCUT2D eigenvalue weighted by atomic mass is 10.3. The van der Waals surface area contributed by atoms with Gasteiger partial charge in [-0.25, -0.2) is 0 Å². The van der Waals surface area contributed by atoms with Crippen LogP contribution in [0, 0.1) is 13.8 Å². The van der Waals surface area contributed by atoms with Gasteiger partial charge in [-0.1, -0.05) is 13.3 Å². The van der Waals surface area contributed by atoms with Crippen molar-refractivity contribution < 1.29 is 9.53 Å². The molecule has 0 aliphatic rings. The molecule has 0 amide bonds. The summed E-state index contributed by atoms with van der Waals surface area (Å²) in [5.41, 5.74) is 2.22.